The van der Waals surface area contributed by atoms with Crippen LogP contribution in [-0.2, 0) is 11.3 Å². The van der Waals surface area contributed by atoms with Crippen molar-refractivity contribution in [2.24, 2.45) is 0 Å². The minimum Gasteiger partial charge on any atom is -0.504 e. The Morgan fingerprint density at radius 2 is 1.91 bits per heavy atom. The van der Waals surface area contributed by atoms with E-state index in [-0.39, 0.29) is 11.7 Å². The van der Waals surface area contributed by atoms with Crippen molar-refractivity contribution in [2.45, 2.75) is 13.5 Å². The second-order valence-electron chi connectivity index (χ2n) is 7.49. The number of hydrogen-bond acceptors (Lipinski definition) is 4. The molecule has 6 nitrogen and oxygen atoms in total. The topological polar surface area (TPSA) is 74.8 Å². The highest BCUT2D eigenvalue weighted by atomic mass is 16.5. The van der Waals surface area contributed by atoms with Gasteiger partial charge in [0.2, 0.25) is 5.91 Å². The summed E-state index contributed by atoms with van der Waals surface area (Å²) in [6.45, 7) is 3.04. The van der Waals surface area contributed by atoms with Gasteiger partial charge in [0.1, 0.15) is 5.75 Å². The molecule has 0 aliphatic heterocycles. The third-order valence-electron chi connectivity index (χ3n) is 5.59. The molecule has 0 aliphatic carbocycles. The van der Waals surface area contributed by atoms with Gasteiger partial charge in [0.05, 0.1) is 19.7 Å². The standard InChI is InChI=1S/C26H26N2O4/c1-4-28(25(30)13-9-17-8-12-23(29)24(14-17)32-3)16-18-6-5-7-21-26(18)20-11-10-19(31-2)15-22(20)27-21/h5-15,27,29H,4,16H2,1-3H3/b13-9+. The Hall–Kier alpha value is -3.93. The average molecular weight is 431 g/mol. The number of nitrogens with one attached hydrogen (secondary N) is 1. The minimum absolute atomic E-state index is 0.0654. The molecule has 0 aliphatic rings. The van der Waals surface area contributed by atoms with Gasteiger partial charge in [-0.2, -0.15) is 0 Å². The van der Waals surface area contributed by atoms with Crippen LogP contribution < -0.4 is 9.47 Å². The van der Waals surface area contributed by atoms with E-state index in [2.05, 4.69) is 11.1 Å². The number of H-pyrrole nitrogens is 1. The van der Waals surface area contributed by atoms with Crippen LogP contribution in [-0.4, -0.2) is 41.7 Å². The van der Waals surface area contributed by atoms with Crippen LogP contribution in [0.3, 0.4) is 0 Å². The molecule has 6 heteroatoms. The fourth-order valence-corrected chi connectivity index (χ4v) is 3.89. The molecule has 0 saturated carbocycles. The number of likely N-dealkylation sites (N-methyl/N-ethyl adjacent to an activating group) is 1. The number of aromatic hydroxyl groups is 1. The molecule has 4 aromatic rings. The highest BCUT2D eigenvalue weighted by Gasteiger charge is 2.14. The summed E-state index contributed by atoms with van der Waals surface area (Å²) in [6, 6.07) is 17.1. The minimum atomic E-state index is -0.0851. The van der Waals surface area contributed by atoms with Gasteiger partial charge in [-0.3, -0.25) is 4.79 Å². The van der Waals surface area contributed by atoms with Crippen molar-refractivity contribution in [3.05, 3.63) is 71.8 Å². The van der Waals surface area contributed by atoms with Crippen molar-refractivity contribution in [3.8, 4) is 17.2 Å². The summed E-state index contributed by atoms with van der Waals surface area (Å²) in [5, 5.41) is 12.0. The Kier molecular flexibility index (Phi) is 6.03. The Bertz CT molecular complexity index is 1310. The molecule has 0 unspecified atom stereocenters. The lowest BCUT2D eigenvalue weighted by Gasteiger charge is -2.20. The Labute approximate surface area is 186 Å². The number of methoxy groups -OCH3 is 2. The first-order valence-corrected chi connectivity index (χ1v) is 10.4. The van der Waals surface area contributed by atoms with E-state index < -0.39 is 0 Å². The van der Waals surface area contributed by atoms with Crippen molar-refractivity contribution in [1.29, 1.82) is 0 Å². The van der Waals surface area contributed by atoms with E-state index in [0.717, 1.165) is 38.7 Å². The van der Waals surface area contributed by atoms with Crippen LogP contribution in [0.4, 0.5) is 0 Å². The number of ether oxygens (including phenoxy) is 2. The van der Waals surface area contributed by atoms with Crippen LogP contribution in [0.15, 0.2) is 60.7 Å². The monoisotopic (exact) mass is 430 g/mol. The number of amides is 1. The van der Waals surface area contributed by atoms with Crippen molar-refractivity contribution >= 4 is 33.8 Å². The molecule has 0 bridgehead atoms. The molecule has 0 saturated heterocycles. The number of phenolic OH excluding ortho intramolecular Hbond substituents is 1. The molecule has 1 amide bonds. The number of aromatic amines is 1. The quantitative estimate of drug-likeness (QED) is 0.400. The van der Waals surface area contributed by atoms with Crippen LogP contribution in [0.25, 0.3) is 27.9 Å². The third-order valence-corrected chi connectivity index (χ3v) is 5.59. The van der Waals surface area contributed by atoms with Crippen molar-refractivity contribution < 1.29 is 19.4 Å². The van der Waals surface area contributed by atoms with Gasteiger partial charge in [0.25, 0.3) is 0 Å². The van der Waals surface area contributed by atoms with Gasteiger partial charge in [0.15, 0.2) is 11.5 Å². The molecule has 2 N–H and O–H groups in total. The molecular weight excluding hydrogens is 404 g/mol. The first-order chi connectivity index (χ1) is 15.5. The largest absolute Gasteiger partial charge is 0.504 e. The number of carbonyl (C=O) groups is 1. The number of nitrogens with zero attached hydrogens (tertiary/aromatic N) is 1. The first kappa shape index (κ1) is 21.3. The molecule has 32 heavy (non-hydrogen) atoms. The Morgan fingerprint density at radius 1 is 1.06 bits per heavy atom. The number of phenols is 1. The molecule has 164 valence electrons. The maximum atomic E-state index is 12.9. The Balaban J connectivity index is 1.61. The molecule has 0 spiro atoms. The van der Waals surface area contributed by atoms with Gasteiger partial charge in [-0.25, -0.2) is 0 Å². The highest BCUT2D eigenvalue weighted by molar-refractivity contribution is 6.09. The van der Waals surface area contributed by atoms with E-state index in [0.29, 0.717) is 18.8 Å². The van der Waals surface area contributed by atoms with E-state index in [4.69, 9.17) is 9.47 Å². The van der Waals surface area contributed by atoms with Crippen LogP contribution in [0, 0.1) is 0 Å². The van der Waals surface area contributed by atoms with Crippen molar-refractivity contribution in [1.82, 2.24) is 9.88 Å². The number of hydrogen-bond donors (Lipinski definition) is 2. The van der Waals surface area contributed by atoms with Gasteiger partial charge >= 0.3 is 0 Å². The fraction of sp³-hybridized carbons (Fsp3) is 0.192. The zero-order valence-electron chi connectivity index (χ0n) is 18.4. The van der Waals surface area contributed by atoms with Gasteiger partial charge < -0.3 is 24.5 Å². The molecule has 3 aromatic carbocycles. The Morgan fingerprint density at radius 3 is 2.66 bits per heavy atom. The maximum absolute atomic E-state index is 12.9. The molecule has 0 fully saturated rings. The highest BCUT2D eigenvalue weighted by Crippen LogP contribution is 2.31. The van der Waals surface area contributed by atoms with E-state index >= 15 is 0 Å². The van der Waals surface area contributed by atoms with Gasteiger partial charge in [-0.15, -0.1) is 0 Å². The van der Waals surface area contributed by atoms with E-state index in [1.807, 2.05) is 37.3 Å². The zero-order valence-corrected chi connectivity index (χ0v) is 18.4. The second kappa shape index (κ2) is 9.06. The molecule has 0 atom stereocenters. The summed E-state index contributed by atoms with van der Waals surface area (Å²) in [5.41, 5.74) is 3.88. The molecule has 1 aromatic heterocycles. The predicted molar refractivity (Wildman–Crippen MR) is 127 cm³/mol. The summed E-state index contributed by atoms with van der Waals surface area (Å²) in [4.78, 5) is 18.2. The zero-order chi connectivity index (χ0) is 22.7. The summed E-state index contributed by atoms with van der Waals surface area (Å²) in [5.74, 6) is 1.15. The maximum Gasteiger partial charge on any atom is 0.246 e. The number of benzene rings is 3. The van der Waals surface area contributed by atoms with Crippen LogP contribution >= 0.6 is 0 Å². The number of rotatable bonds is 7. The molecule has 1 heterocycles. The fourth-order valence-electron chi connectivity index (χ4n) is 3.89. The first-order valence-electron chi connectivity index (χ1n) is 10.4. The molecule has 4 rings (SSSR count). The van der Waals surface area contributed by atoms with E-state index in [9.17, 15) is 9.90 Å². The average Bonchev–Trinajstić information content (AvgIpc) is 3.20. The van der Waals surface area contributed by atoms with Crippen LogP contribution in [0.5, 0.6) is 17.2 Å². The lowest BCUT2D eigenvalue weighted by atomic mass is 10.1. The van der Waals surface area contributed by atoms with Crippen molar-refractivity contribution in [3.63, 3.8) is 0 Å². The number of aromatic nitrogens is 1. The summed E-state index contributed by atoms with van der Waals surface area (Å²) < 4.78 is 10.5. The smallest absolute Gasteiger partial charge is 0.246 e. The van der Waals surface area contributed by atoms with E-state index in [1.54, 1.807) is 42.4 Å². The third kappa shape index (κ3) is 4.12. The second-order valence-corrected chi connectivity index (χ2v) is 7.49. The van der Waals surface area contributed by atoms with Gasteiger partial charge in [0, 0.05) is 41.5 Å². The molecule has 0 radical (unpaired) electrons. The van der Waals surface area contributed by atoms with E-state index in [1.165, 1.54) is 7.11 Å². The van der Waals surface area contributed by atoms with Gasteiger partial charge in [-0.05, 0) is 54.5 Å². The lowest BCUT2D eigenvalue weighted by Crippen LogP contribution is -2.28. The lowest BCUT2D eigenvalue weighted by molar-refractivity contribution is -0.126. The summed E-state index contributed by atoms with van der Waals surface area (Å²) in [6.07, 6.45) is 3.28. The SMILES string of the molecule is CCN(Cc1cccc2[nH]c3cc(OC)ccc3c12)C(=O)/C=C/c1ccc(O)c(OC)c1. The predicted octanol–water partition coefficient (Wildman–Crippen LogP) is 5.11. The normalized spacial score (nSPS) is 11.3. The number of carbonyl (C=O) groups excluding carboxylic acids is 1. The molecular formula is C26H26N2O4. The van der Waals surface area contributed by atoms with Crippen LogP contribution in [0.1, 0.15) is 18.1 Å². The summed E-state index contributed by atoms with van der Waals surface area (Å²) >= 11 is 0. The van der Waals surface area contributed by atoms with Gasteiger partial charge in [-0.1, -0.05) is 18.2 Å². The van der Waals surface area contributed by atoms with Crippen molar-refractivity contribution in [2.75, 3.05) is 20.8 Å². The number of fused-ring (bicyclic) bond motifs is 3. The van der Waals surface area contributed by atoms with Crippen LogP contribution in [0.2, 0.25) is 0 Å². The summed E-state index contributed by atoms with van der Waals surface area (Å²) in [7, 11) is 3.15.